The second-order valence-corrected chi connectivity index (χ2v) is 7.13. The van der Waals surface area contributed by atoms with Crippen molar-refractivity contribution in [2.24, 2.45) is 0 Å². The summed E-state index contributed by atoms with van der Waals surface area (Å²) >= 11 is 6.26. The van der Waals surface area contributed by atoms with Gasteiger partial charge in [-0.15, -0.1) is 0 Å². The second-order valence-electron chi connectivity index (χ2n) is 5.76. The van der Waals surface area contributed by atoms with Crippen molar-refractivity contribution in [3.63, 3.8) is 0 Å². The van der Waals surface area contributed by atoms with Crippen LogP contribution in [0, 0.1) is 0 Å². The number of aliphatic hydroxyl groups excluding tert-OH is 1. The molecule has 0 radical (unpaired) electrons. The number of aliphatic hydroxyl groups is 1. The Morgan fingerprint density at radius 1 is 1.37 bits per heavy atom. The molecule has 0 atom stereocenters. The first-order valence-corrected chi connectivity index (χ1v) is 9.86. The van der Waals surface area contributed by atoms with E-state index < -0.39 is 0 Å². The molecule has 0 amide bonds. The van der Waals surface area contributed by atoms with Gasteiger partial charge < -0.3 is 15.2 Å². The summed E-state index contributed by atoms with van der Waals surface area (Å²) in [6.45, 7) is 5.03. The van der Waals surface area contributed by atoms with E-state index in [9.17, 15) is 9.90 Å². The van der Waals surface area contributed by atoms with Crippen molar-refractivity contribution in [2.75, 3.05) is 23.8 Å². The summed E-state index contributed by atoms with van der Waals surface area (Å²) in [7, 11) is 0. The first-order chi connectivity index (χ1) is 13.0. The van der Waals surface area contributed by atoms with E-state index in [-0.39, 0.29) is 16.7 Å². The smallest absolute Gasteiger partial charge is 0.262 e. The Kier molecular flexibility index (Phi) is 6.02. The quantitative estimate of drug-likeness (QED) is 0.393. The zero-order valence-electron chi connectivity index (χ0n) is 15.0. The van der Waals surface area contributed by atoms with E-state index >= 15 is 0 Å². The number of nitrogens with one attached hydrogen (secondary N) is 2. The van der Waals surface area contributed by atoms with E-state index in [2.05, 4.69) is 20.6 Å². The van der Waals surface area contributed by atoms with E-state index in [0.29, 0.717) is 46.3 Å². The van der Waals surface area contributed by atoms with E-state index in [0.717, 1.165) is 12.4 Å². The highest BCUT2D eigenvalue weighted by Crippen LogP contribution is 2.34. The molecular formula is C18H20N4O3S2. The molecule has 3 rings (SSSR count). The number of thiazole rings is 1. The lowest BCUT2D eigenvalue weighted by atomic mass is 9.93. The highest BCUT2D eigenvalue weighted by atomic mass is 32.1. The number of hydrogen-bond acceptors (Lipinski definition) is 8. The molecule has 0 aliphatic heterocycles. The number of nitrogens with zero attached hydrogens (tertiary/aromatic N) is 2. The van der Waals surface area contributed by atoms with E-state index in [1.54, 1.807) is 18.3 Å². The number of anilines is 2. The van der Waals surface area contributed by atoms with Crippen LogP contribution in [0.2, 0.25) is 0 Å². The van der Waals surface area contributed by atoms with Crippen molar-refractivity contribution in [3.05, 3.63) is 40.0 Å². The number of aryl methyl sites for hydroxylation is 1. The molecule has 0 fully saturated rings. The zero-order chi connectivity index (χ0) is 19.4. The highest BCUT2D eigenvalue weighted by molar-refractivity contribution is 7.80. The number of ketones is 1. The summed E-state index contributed by atoms with van der Waals surface area (Å²) < 4.78 is 5.19. The number of pyridine rings is 1. The molecule has 2 aromatic heterocycles. The van der Waals surface area contributed by atoms with Gasteiger partial charge in [-0.2, -0.15) is 0 Å². The molecule has 0 spiro atoms. The molecule has 0 aromatic carbocycles. The van der Waals surface area contributed by atoms with Crippen LogP contribution in [0.15, 0.2) is 23.9 Å². The van der Waals surface area contributed by atoms with Crippen molar-refractivity contribution >= 4 is 51.2 Å². The van der Waals surface area contributed by atoms with Crippen molar-refractivity contribution in [1.29, 1.82) is 0 Å². The van der Waals surface area contributed by atoms with Crippen LogP contribution in [-0.2, 0) is 11.2 Å². The third kappa shape index (κ3) is 4.25. The van der Waals surface area contributed by atoms with Crippen LogP contribution in [0.1, 0.15) is 41.2 Å². The molecular weight excluding hydrogens is 384 g/mol. The van der Waals surface area contributed by atoms with E-state index in [1.165, 1.54) is 11.3 Å². The lowest BCUT2D eigenvalue weighted by molar-refractivity contribution is 0.102. The number of thiocarbonyl (C=S) groups is 1. The molecule has 9 heteroatoms. The normalized spacial score (nSPS) is 15.1. The molecule has 1 aliphatic carbocycles. The van der Waals surface area contributed by atoms with Crippen molar-refractivity contribution in [2.45, 2.75) is 26.7 Å². The van der Waals surface area contributed by atoms with Gasteiger partial charge >= 0.3 is 0 Å². The zero-order valence-corrected chi connectivity index (χ0v) is 16.7. The van der Waals surface area contributed by atoms with Gasteiger partial charge in [0.05, 0.1) is 12.3 Å². The fourth-order valence-corrected chi connectivity index (χ4v) is 3.97. The predicted molar refractivity (Wildman–Crippen MR) is 111 cm³/mol. The Labute approximate surface area is 166 Å². The summed E-state index contributed by atoms with van der Waals surface area (Å²) in [6.07, 6.45) is 2.55. The number of Topliss-reactive ketones (excluding diaryl/α,β-unsaturated/α-hetero) is 1. The largest absolute Gasteiger partial charge is 0.507 e. The first kappa shape index (κ1) is 19.2. The first-order valence-electron chi connectivity index (χ1n) is 8.64. The Morgan fingerprint density at radius 3 is 2.85 bits per heavy atom. The van der Waals surface area contributed by atoms with Crippen LogP contribution in [0.4, 0.5) is 10.9 Å². The number of carbonyl (C=O) groups excluding carboxylic acids is 1. The van der Waals surface area contributed by atoms with E-state index in [1.807, 2.05) is 13.8 Å². The molecule has 7 nitrogen and oxygen atoms in total. The minimum atomic E-state index is -0.211. The average molecular weight is 405 g/mol. The van der Waals surface area contributed by atoms with Gasteiger partial charge in [0.2, 0.25) is 5.78 Å². The summed E-state index contributed by atoms with van der Waals surface area (Å²) in [6, 6.07) is 3.52. The molecule has 142 valence electrons. The molecule has 0 saturated heterocycles. The number of carbonyl (C=O) groups is 1. The maximum absolute atomic E-state index is 12.9. The van der Waals surface area contributed by atoms with Gasteiger partial charge in [0.25, 0.3) is 5.17 Å². The van der Waals surface area contributed by atoms with E-state index in [4.69, 9.17) is 17.0 Å². The minimum absolute atomic E-state index is 0.0334. The molecule has 0 unspecified atom stereocenters. The lowest BCUT2D eigenvalue weighted by Crippen LogP contribution is -2.14. The van der Waals surface area contributed by atoms with Crippen LogP contribution in [0.5, 0.6) is 0 Å². The van der Waals surface area contributed by atoms with Gasteiger partial charge in [-0.1, -0.05) is 11.3 Å². The molecule has 0 bridgehead atoms. The minimum Gasteiger partial charge on any atom is -0.507 e. The van der Waals surface area contributed by atoms with Crippen LogP contribution in [0.25, 0.3) is 5.76 Å². The summed E-state index contributed by atoms with van der Waals surface area (Å²) in [5.41, 5.74) is 1.61. The highest BCUT2D eigenvalue weighted by Gasteiger charge is 2.29. The molecule has 1 aliphatic rings. The topological polar surface area (TPSA) is 96.4 Å². The maximum atomic E-state index is 12.9. The fourth-order valence-electron chi connectivity index (χ4n) is 2.72. The Bertz CT molecular complexity index is 891. The SMILES string of the molecule is CCNc1ccc(C(O)=C2CCc3nc(NC(=S)OCC)sc3C2=O)cn1. The van der Waals surface area contributed by atoms with Gasteiger partial charge in [0, 0.05) is 23.9 Å². The van der Waals surface area contributed by atoms with Gasteiger partial charge in [0.15, 0.2) is 5.13 Å². The van der Waals surface area contributed by atoms with Gasteiger partial charge in [-0.3, -0.25) is 10.1 Å². The summed E-state index contributed by atoms with van der Waals surface area (Å²) in [5.74, 6) is 0.478. The van der Waals surface area contributed by atoms with Crippen molar-refractivity contribution in [3.8, 4) is 0 Å². The monoisotopic (exact) mass is 404 g/mol. The molecule has 27 heavy (non-hydrogen) atoms. The molecule has 2 aromatic rings. The lowest BCUT2D eigenvalue weighted by Gasteiger charge is -2.14. The molecule has 0 saturated carbocycles. The van der Waals surface area contributed by atoms with Crippen molar-refractivity contribution in [1.82, 2.24) is 9.97 Å². The standard InChI is InChI=1S/C18H20N4O3S2/c1-3-19-13-8-5-10(9-20-13)14(23)11-6-7-12-16(15(11)24)27-17(21-12)22-18(26)25-4-2/h5,8-9,23H,3-4,6-7H2,1-2H3,(H,19,20)(H,21,22,26). The third-order valence-corrected chi connectivity index (χ3v) is 5.19. The van der Waals surface area contributed by atoms with Gasteiger partial charge in [-0.05, 0) is 51.0 Å². The molecule has 3 N–H and O–H groups in total. The number of allylic oxidation sites excluding steroid dienone is 1. The van der Waals surface area contributed by atoms with Gasteiger partial charge in [0.1, 0.15) is 16.5 Å². The van der Waals surface area contributed by atoms with Crippen molar-refractivity contribution < 1.29 is 14.6 Å². The number of aromatic nitrogens is 2. The summed E-state index contributed by atoms with van der Waals surface area (Å²) in [5, 5.41) is 17.3. The Hall–Kier alpha value is -2.52. The number of rotatable bonds is 5. The molecule has 2 heterocycles. The number of hydrogen-bond donors (Lipinski definition) is 3. The fraction of sp³-hybridized carbons (Fsp3) is 0.333. The third-order valence-electron chi connectivity index (χ3n) is 3.95. The predicted octanol–water partition coefficient (Wildman–Crippen LogP) is 3.80. The maximum Gasteiger partial charge on any atom is 0.262 e. The Balaban J connectivity index is 1.83. The second kappa shape index (κ2) is 8.45. The van der Waals surface area contributed by atoms with Crippen LogP contribution in [0.3, 0.4) is 0 Å². The van der Waals surface area contributed by atoms with Crippen LogP contribution in [-0.4, -0.2) is 39.2 Å². The number of fused-ring (bicyclic) bond motifs is 1. The average Bonchev–Trinajstić information content (AvgIpc) is 3.06. The number of ether oxygens (including phenoxy) is 1. The summed E-state index contributed by atoms with van der Waals surface area (Å²) in [4.78, 5) is 22.0. The van der Waals surface area contributed by atoms with Crippen LogP contribution < -0.4 is 10.6 Å². The Morgan fingerprint density at radius 2 is 2.19 bits per heavy atom. The van der Waals surface area contributed by atoms with Crippen LogP contribution >= 0.6 is 23.6 Å². The van der Waals surface area contributed by atoms with Gasteiger partial charge in [-0.25, -0.2) is 9.97 Å².